The lowest BCUT2D eigenvalue weighted by Crippen LogP contribution is -2.17. The van der Waals surface area contributed by atoms with Crippen LogP contribution in [0.5, 0.6) is 0 Å². The third kappa shape index (κ3) is 5.60. The van der Waals surface area contributed by atoms with Gasteiger partial charge in [0.05, 0.1) is 5.69 Å². The molecular weight excluding hydrogens is 699 g/mol. The molecule has 58 heavy (non-hydrogen) atoms. The van der Waals surface area contributed by atoms with Gasteiger partial charge in [0.15, 0.2) is 0 Å². The van der Waals surface area contributed by atoms with Crippen molar-refractivity contribution in [3.05, 3.63) is 210 Å². The molecule has 0 amide bonds. The zero-order chi connectivity index (χ0) is 38.8. The van der Waals surface area contributed by atoms with Gasteiger partial charge in [-0.1, -0.05) is 159 Å². The molecule has 2 aliphatic carbocycles. The third-order valence-corrected chi connectivity index (χ3v) is 13.0. The van der Waals surface area contributed by atoms with Gasteiger partial charge < -0.3 is 4.90 Å². The second-order valence-electron chi connectivity index (χ2n) is 16.7. The lowest BCUT2D eigenvalue weighted by atomic mass is 9.80. The number of fused-ring (bicyclic) bond motifs is 7. The number of benzene rings is 9. The minimum Gasteiger partial charge on any atom is -0.310 e. The van der Waals surface area contributed by atoms with Crippen LogP contribution in [-0.2, 0) is 18.3 Å². The molecule has 0 bridgehead atoms. The first-order chi connectivity index (χ1) is 28.5. The van der Waals surface area contributed by atoms with E-state index < -0.39 is 0 Å². The van der Waals surface area contributed by atoms with Crippen molar-refractivity contribution in [1.82, 2.24) is 0 Å². The minimum atomic E-state index is -0.179. The Kier molecular flexibility index (Phi) is 8.19. The summed E-state index contributed by atoms with van der Waals surface area (Å²) >= 11 is 0. The van der Waals surface area contributed by atoms with E-state index in [9.17, 15) is 0 Å². The van der Waals surface area contributed by atoms with Gasteiger partial charge in [0.25, 0.3) is 0 Å². The van der Waals surface area contributed by atoms with Gasteiger partial charge in [-0.15, -0.1) is 0 Å². The molecule has 9 aromatic rings. The Morgan fingerprint density at radius 3 is 1.88 bits per heavy atom. The molecule has 0 N–H and O–H groups in total. The molecule has 0 saturated heterocycles. The average Bonchev–Trinajstić information content (AvgIpc) is 3.52. The van der Waals surface area contributed by atoms with Crippen molar-refractivity contribution in [3.63, 3.8) is 0 Å². The molecule has 1 nitrogen and oxygen atoms in total. The quantitative estimate of drug-likeness (QED) is 0.164. The van der Waals surface area contributed by atoms with E-state index in [1.54, 1.807) is 0 Å². The van der Waals surface area contributed by atoms with Crippen LogP contribution in [0.1, 0.15) is 48.9 Å². The van der Waals surface area contributed by atoms with Crippen LogP contribution in [0.15, 0.2) is 188 Å². The summed E-state index contributed by atoms with van der Waals surface area (Å²) in [4.78, 5) is 2.50. The molecule has 2 aliphatic rings. The van der Waals surface area contributed by atoms with Gasteiger partial charge >= 0.3 is 0 Å². The highest BCUT2D eigenvalue weighted by atomic mass is 15.1. The lowest BCUT2D eigenvalue weighted by molar-refractivity contribution is 0.666. The zero-order valence-corrected chi connectivity index (χ0v) is 33.2. The largest absolute Gasteiger partial charge is 0.310 e. The van der Waals surface area contributed by atoms with Gasteiger partial charge in [0, 0.05) is 22.4 Å². The van der Waals surface area contributed by atoms with Crippen LogP contribution in [-0.4, -0.2) is 0 Å². The molecule has 11 rings (SSSR count). The minimum absolute atomic E-state index is 0.179. The molecule has 0 fully saturated rings. The van der Waals surface area contributed by atoms with Crippen molar-refractivity contribution in [2.45, 2.75) is 44.9 Å². The zero-order valence-electron chi connectivity index (χ0n) is 33.2. The normalized spacial score (nSPS) is 13.9. The van der Waals surface area contributed by atoms with E-state index in [4.69, 9.17) is 0 Å². The maximum Gasteiger partial charge on any atom is 0.0540 e. The Bertz CT molecular complexity index is 3020. The molecule has 0 aliphatic heterocycles. The molecule has 9 aromatic carbocycles. The number of hydrogen-bond donors (Lipinski definition) is 0. The maximum atomic E-state index is 2.50. The molecule has 278 valence electrons. The predicted octanol–water partition coefficient (Wildman–Crippen LogP) is 15.6. The average molecular weight is 744 g/mol. The second kappa shape index (κ2) is 13.7. The van der Waals surface area contributed by atoms with E-state index in [-0.39, 0.29) is 5.41 Å². The summed E-state index contributed by atoms with van der Waals surface area (Å²) in [5, 5.41) is 5.11. The van der Waals surface area contributed by atoms with Crippen LogP contribution >= 0.6 is 0 Å². The first-order valence-electron chi connectivity index (χ1n) is 20.9. The fraction of sp³-hybridized carbons (Fsp3) is 0.123. The van der Waals surface area contributed by atoms with Crippen molar-refractivity contribution in [3.8, 4) is 44.5 Å². The summed E-state index contributed by atoms with van der Waals surface area (Å²) in [7, 11) is 0. The Morgan fingerprint density at radius 1 is 0.414 bits per heavy atom. The third-order valence-electron chi connectivity index (χ3n) is 13.0. The number of nitrogens with zero attached hydrogens (tertiary/aromatic N) is 1. The summed E-state index contributed by atoms with van der Waals surface area (Å²) < 4.78 is 0. The van der Waals surface area contributed by atoms with Gasteiger partial charge in [0.2, 0.25) is 0 Å². The highest BCUT2D eigenvalue weighted by Gasteiger charge is 2.37. The highest BCUT2D eigenvalue weighted by Crippen LogP contribution is 2.54. The summed E-state index contributed by atoms with van der Waals surface area (Å²) in [6.07, 6.45) is 4.89. The number of para-hydroxylation sites is 1. The van der Waals surface area contributed by atoms with Crippen LogP contribution in [0, 0.1) is 0 Å². The van der Waals surface area contributed by atoms with Crippen molar-refractivity contribution in [2.75, 3.05) is 4.90 Å². The van der Waals surface area contributed by atoms with Crippen LogP contribution in [0.2, 0.25) is 0 Å². The van der Waals surface area contributed by atoms with Crippen LogP contribution in [0.25, 0.3) is 66.1 Å². The van der Waals surface area contributed by atoms with Gasteiger partial charge in [-0.3, -0.25) is 0 Å². The summed E-state index contributed by atoms with van der Waals surface area (Å²) in [6.45, 7) is 4.81. The first-order valence-corrected chi connectivity index (χ1v) is 20.9. The van der Waals surface area contributed by atoms with Gasteiger partial charge in [-0.05, 0) is 151 Å². The lowest BCUT2D eigenvalue weighted by Gasteiger charge is -2.30. The fourth-order valence-electron chi connectivity index (χ4n) is 10.2. The molecule has 0 heterocycles. The maximum absolute atomic E-state index is 2.50. The van der Waals surface area contributed by atoms with Crippen LogP contribution in [0.3, 0.4) is 0 Å². The molecule has 0 spiro atoms. The molecule has 0 unspecified atom stereocenters. The van der Waals surface area contributed by atoms with Gasteiger partial charge in [-0.2, -0.15) is 0 Å². The smallest absolute Gasteiger partial charge is 0.0540 e. The Balaban J connectivity index is 1.12. The first kappa shape index (κ1) is 34.5. The Morgan fingerprint density at radius 2 is 1.05 bits per heavy atom. The van der Waals surface area contributed by atoms with Crippen LogP contribution in [0.4, 0.5) is 17.1 Å². The molecule has 1 heteroatoms. The molecule has 0 atom stereocenters. The van der Waals surface area contributed by atoms with E-state index in [0.717, 1.165) is 23.5 Å². The fourth-order valence-corrected chi connectivity index (χ4v) is 10.2. The summed E-state index contributed by atoms with van der Waals surface area (Å²) in [6, 6.07) is 70.3. The molecular formula is C57H45N. The highest BCUT2D eigenvalue weighted by molar-refractivity contribution is 6.02. The number of anilines is 3. The predicted molar refractivity (Wildman–Crippen MR) is 247 cm³/mol. The van der Waals surface area contributed by atoms with Crippen molar-refractivity contribution in [1.29, 1.82) is 0 Å². The SMILES string of the molecule is CC1(C)c2cc(N(c3ccc(-c4cccc5c4CCCC5)cc3)c3ccccc3-c3cc4ccccc4cc3-c3ccccc3)ccc2-c2ccc3ccccc3c21. The van der Waals surface area contributed by atoms with Crippen molar-refractivity contribution >= 4 is 38.6 Å². The van der Waals surface area contributed by atoms with E-state index in [2.05, 4.69) is 207 Å². The number of hydrogen-bond acceptors (Lipinski definition) is 1. The molecule has 0 saturated carbocycles. The van der Waals surface area contributed by atoms with E-state index in [1.165, 1.54) is 108 Å². The van der Waals surface area contributed by atoms with Gasteiger partial charge in [0.1, 0.15) is 0 Å². The van der Waals surface area contributed by atoms with E-state index in [1.807, 2.05) is 0 Å². The van der Waals surface area contributed by atoms with Crippen molar-refractivity contribution in [2.24, 2.45) is 0 Å². The van der Waals surface area contributed by atoms with E-state index in [0.29, 0.717) is 0 Å². The topological polar surface area (TPSA) is 3.24 Å². The second-order valence-corrected chi connectivity index (χ2v) is 16.7. The number of aryl methyl sites for hydroxylation is 1. The Hall–Kier alpha value is -6.70. The summed E-state index contributed by atoms with van der Waals surface area (Å²) in [5.74, 6) is 0. The molecule has 0 radical (unpaired) electrons. The Labute approximate surface area is 341 Å². The van der Waals surface area contributed by atoms with Gasteiger partial charge in [-0.25, -0.2) is 0 Å². The summed E-state index contributed by atoms with van der Waals surface area (Å²) in [5.41, 5.74) is 19.3. The van der Waals surface area contributed by atoms with E-state index >= 15 is 0 Å². The van der Waals surface area contributed by atoms with Crippen LogP contribution < -0.4 is 4.90 Å². The standard InChI is InChI=1S/C57H45N/c1-57(2)54-37-45(32-34-49(54)51-33-29-40-18-9-11-23-48(40)56(51)57)58(44-30-27-41(28-31-44)47-25-14-21-38-17-8-10-22-46(38)47)55-26-13-12-24-50(55)53-36-43-20-7-6-19-42(43)35-52(53)39-15-4-3-5-16-39/h3-7,9,11-16,18-21,23-37H,8,10,17,22H2,1-2H3. The number of rotatable bonds is 6. The van der Waals surface area contributed by atoms with Crippen molar-refractivity contribution < 1.29 is 0 Å². The molecule has 0 aromatic heterocycles. The monoisotopic (exact) mass is 743 g/mol.